The molecule has 0 unspecified atom stereocenters. The van der Waals surface area contributed by atoms with Crippen molar-refractivity contribution in [2.45, 2.75) is 0 Å². The van der Waals surface area contributed by atoms with Gasteiger partial charge in [0.1, 0.15) is 0 Å². The van der Waals surface area contributed by atoms with E-state index in [0.717, 1.165) is 10.9 Å². The van der Waals surface area contributed by atoms with Gasteiger partial charge in [0.2, 0.25) is 0 Å². The highest BCUT2D eigenvalue weighted by atomic mass is 79.9. The van der Waals surface area contributed by atoms with Crippen LogP contribution in [0, 0.1) is 10.1 Å². The second-order valence-corrected chi connectivity index (χ2v) is 3.37. The Hall–Kier alpha value is -1.43. The number of hydrogen-bond acceptors (Lipinski definition) is 3. The number of fused-ring (bicyclic) bond motifs is 1. The Morgan fingerprint density at radius 3 is 3.00 bits per heavy atom. The molecule has 0 radical (unpaired) electrons. The van der Waals surface area contributed by atoms with Crippen molar-refractivity contribution in [3.63, 3.8) is 0 Å². The van der Waals surface area contributed by atoms with Crippen LogP contribution in [0.15, 0.2) is 22.8 Å². The number of nitro benzene ring substituents is 1. The summed E-state index contributed by atoms with van der Waals surface area (Å²) < 4.78 is 0.453. The van der Waals surface area contributed by atoms with E-state index in [1.54, 1.807) is 12.3 Å². The third kappa shape index (κ3) is 1.29. The third-order valence-corrected chi connectivity index (χ3v) is 2.34. The molecule has 2 rings (SSSR count). The second-order valence-electron chi connectivity index (χ2n) is 2.52. The highest BCUT2D eigenvalue weighted by Gasteiger charge is 2.13. The quantitative estimate of drug-likeness (QED) is 0.615. The van der Waals surface area contributed by atoms with E-state index in [4.69, 9.17) is 0 Å². The number of benzene rings is 1. The molecule has 5 nitrogen and oxygen atoms in total. The van der Waals surface area contributed by atoms with E-state index >= 15 is 0 Å². The predicted molar refractivity (Wildman–Crippen MR) is 50.4 cm³/mol. The second kappa shape index (κ2) is 2.81. The molecule has 0 bridgehead atoms. The van der Waals surface area contributed by atoms with Crippen molar-refractivity contribution < 1.29 is 4.92 Å². The van der Waals surface area contributed by atoms with Crippen molar-refractivity contribution in [3.05, 3.63) is 32.9 Å². The Morgan fingerprint density at radius 2 is 2.31 bits per heavy atom. The van der Waals surface area contributed by atoms with Gasteiger partial charge in [0.15, 0.2) is 0 Å². The van der Waals surface area contributed by atoms with Crippen molar-refractivity contribution in [2.75, 3.05) is 0 Å². The SMILES string of the molecule is O=[N+]([O-])c1cc2cn[nH]c2cc1Br. The monoisotopic (exact) mass is 241 g/mol. The highest BCUT2D eigenvalue weighted by molar-refractivity contribution is 9.10. The molecule has 0 saturated carbocycles. The summed E-state index contributed by atoms with van der Waals surface area (Å²) in [5.41, 5.74) is 0.825. The molecule has 1 N–H and O–H groups in total. The average Bonchev–Trinajstić information content (AvgIpc) is 2.48. The minimum atomic E-state index is -0.434. The van der Waals surface area contributed by atoms with Gasteiger partial charge < -0.3 is 0 Å². The van der Waals surface area contributed by atoms with E-state index in [9.17, 15) is 10.1 Å². The van der Waals surface area contributed by atoms with Crippen molar-refractivity contribution in [3.8, 4) is 0 Å². The first-order valence-corrected chi connectivity index (χ1v) is 4.25. The number of nitrogens with zero attached hydrogens (tertiary/aromatic N) is 2. The van der Waals surface area contributed by atoms with Crippen LogP contribution in [0.1, 0.15) is 0 Å². The van der Waals surface area contributed by atoms with Crippen LogP contribution >= 0.6 is 15.9 Å². The van der Waals surface area contributed by atoms with Gasteiger partial charge in [0.05, 0.1) is 21.1 Å². The summed E-state index contributed by atoms with van der Waals surface area (Å²) in [6, 6.07) is 3.11. The molecule has 2 aromatic rings. The molecule has 13 heavy (non-hydrogen) atoms. The number of H-pyrrole nitrogens is 1. The Kier molecular flexibility index (Phi) is 1.77. The van der Waals surface area contributed by atoms with E-state index in [1.807, 2.05) is 0 Å². The highest BCUT2D eigenvalue weighted by Crippen LogP contribution is 2.28. The van der Waals surface area contributed by atoms with E-state index in [0.29, 0.717) is 4.47 Å². The van der Waals surface area contributed by atoms with Crippen LogP contribution in [0.2, 0.25) is 0 Å². The van der Waals surface area contributed by atoms with E-state index in [-0.39, 0.29) is 5.69 Å². The van der Waals surface area contributed by atoms with Crippen molar-refractivity contribution >= 4 is 32.5 Å². The summed E-state index contributed by atoms with van der Waals surface area (Å²) in [4.78, 5) is 10.1. The molecule has 0 amide bonds. The molecule has 6 heteroatoms. The van der Waals surface area contributed by atoms with Gasteiger partial charge in [-0.15, -0.1) is 0 Å². The number of nitro groups is 1. The van der Waals surface area contributed by atoms with Gasteiger partial charge in [-0.05, 0) is 22.0 Å². The molecule has 1 aromatic carbocycles. The van der Waals surface area contributed by atoms with Crippen LogP contribution in [0.25, 0.3) is 10.9 Å². The fourth-order valence-corrected chi connectivity index (χ4v) is 1.58. The summed E-state index contributed by atoms with van der Waals surface area (Å²) in [5, 5.41) is 17.8. The minimum absolute atomic E-state index is 0.0499. The lowest BCUT2D eigenvalue weighted by Gasteiger charge is -1.94. The zero-order chi connectivity index (χ0) is 9.42. The molecule has 0 saturated heterocycles. The number of rotatable bonds is 1. The number of halogens is 1. The molecular formula is C7H4BrN3O2. The van der Waals surface area contributed by atoms with Gasteiger partial charge in [-0.3, -0.25) is 15.2 Å². The zero-order valence-electron chi connectivity index (χ0n) is 6.32. The Bertz CT molecular complexity index is 480. The summed E-state index contributed by atoms with van der Waals surface area (Å²) in [6.45, 7) is 0. The van der Waals surface area contributed by atoms with Crippen LogP contribution in [0.4, 0.5) is 5.69 Å². The lowest BCUT2D eigenvalue weighted by Crippen LogP contribution is -1.88. The number of aromatic nitrogens is 2. The Balaban J connectivity index is 2.76. The van der Waals surface area contributed by atoms with E-state index in [1.165, 1.54) is 6.07 Å². The molecular weight excluding hydrogens is 238 g/mol. The third-order valence-electron chi connectivity index (χ3n) is 1.70. The first-order chi connectivity index (χ1) is 6.18. The van der Waals surface area contributed by atoms with Crippen molar-refractivity contribution in [1.82, 2.24) is 10.2 Å². The number of hydrogen-bond donors (Lipinski definition) is 1. The summed E-state index contributed by atoms with van der Waals surface area (Å²) in [7, 11) is 0. The van der Waals surface area contributed by atoms with Gasteiger partial charge in [-0.1, -0.05) is 0 Å². The maximum absolute atomic E-state index is 10.5. The fraction of sp³-hybridized carbons (Fsp3) is 0. The molecule has 1 heterocycles. The normalized spacial score (nSPS) is 10.5. The van der Waals surface area contributed by atoms with Crippen molar-refractivity contribution in [2.24, 2.45) is 0 Å². The smallest absolute Gasteiger partial charge is 0.278 e. The van der Waals surface area contributed by atoms with E-state index in [2.05, 4.69) is 26.1 Å². The van der Waals surface area contributed by atoms with Gasteiger partial charge in [0, 0.05) is 11.5 Å². The molecule has 0 aliphatic carbocycles. The zero-order valence-corrected chi connectivity index (χ0v) is 7.91. The molecule has 0 spiro atoms. The molecule has 1 aromatic heterocycles. The molecule has 0 aliphatic rings. The van der Waals surface area contributed by atoms with Gasteiger partial charge >= 0.3 is 0 Å². The van der Waals surface area contributed by atoms with Gasteiger partial charge in [0.25, 0.3) is 5.69 Å². The van der Waals surface area contributed by atoms with Crippen LogP contribution in [-0.2, 0) is 0 Å². The maximum Gasteiger partial charge on any atom is 0.284 e. The van der Waals surface area contributed by atoms with Gasteiger partial charge in [-0.2, -0.15) is 5.10 Å². The Labute approximate surface area is 81.0 Å². The van der Waals surface area contributed by atoms with Crippen LogP contribution < -0.4 is 0 Å². The molecule has 0 atom stereocenters. The van der Waals surface area contributed by atoms with Crippen LogP contribution in [0.5, 0.6) is 0 Å². The molecule has 0 fully saturated rings. The van der Waals surface area contributed by atoms with Gasteiger partial charge in [-0.25, -0.2) is 0 Å². The summed E-state index contributed by atoms with van der Waals surface area (Å²) in [6.07, 6.45) is 1.55. The van der Waals surface area contributed by atoms with Crippen LogP contribution in [0.3, 0.4) is 0 Å². The average molecular weight is 242 g/mol. The number of nitrogens with one attached hydrogen (secondary N) is 1. The lowest BCUT2D eigenvalue weighted by atomic mass is 10.2. The molecule has 66 valence electrons. The first-order valence-electron chi connectivity index (χ1n) is 3.45. The fourth-order valence-electron chi connectivity index (χ4n) is 1.09. The minimum Gasteiger partial charge on any atom is -0.278 e. The van der Waals surface area contributed by atoms with Crippen molar-refractivity contribution in [1.29, 1.82) is 0 Å². The number of aromatic amines is 1. The largest absolute Gasteiger partial charge is 0.284 e. The summed E-state index contributed by atoms with van der Waals surface area (Å²) >= 11 is 3.11. The summed E-state index contributed by atoms with van der Waals surface area (Å²) in [5.74, 6) is 0. The first kappa shape index (κ1) is 8.18. The molecule has 0 aliphatic heterocycles. The lowest BCUT2D eigenvalue weighted by molar-refractivity contribution is -0.385. The standard InChI is InChI=1S/C7H4BrN3O2/c8-5-2-6-4(3-9-10-6)1-7(5)11(12)13/h1-3H,(H,9,10). The predicted octanol–water partition coefficient (Wildman–Crippen LogP) is 2.23. The topological polar surface area (TPSA) is 71.8 Å². The Morgan fingerprint density at radius 1 is 1.54 bits per heavy atom. The van der Waals surface area contributed by atoms with E-state index < -0.39 is 4.92 Å². The van der Waals surface area contributed by atoms with Crippen LogP contribution in [-0.4, -0.2) is 15.1 Å². The maximum atomic E-state index is 10.5.